The monoisotopic (exact) mass is 288 g/mol. The van der Waals surface area contributed by atoms with Crippen molar-refractivity contribution in [2.24, 2.45) is 0 Å². The van der Waals surface area contributed by atoms with Gasteiger partial charge >= 0.3 is 0 Å². The van der Waals surface area contributed by atoms with Crippen molar-refractivity contribution < 1.29 is 4.74 Å². The fourth-order valence-corrected chi connectivity index (χ4v) is 1.98. The molecule has 0 aromatic heterocycles. The van der Waals surface area contributed by atoms with Gasteiger partial charge in [-0.3, -0.25) is 0 Å². The second kappa shape index (κ2) is 8.20. The first kappa shape index (κ1) is 13.1. The average Bonchev–Trinajstić information content (AvgIpc) is 2.23. The molecule has 0 bridgehead atoms. The molecule has 0 saturated carbocycles. The van der Waals surface area contributed by atoms with Crippen LogP contribution >= 0.6 is 28.6 Å². The molecule has 0 radical (unpaired) electrons. The van der Waals surface area contributed by atoms with Crippen molar-refractivity contribution in [3.05, 3.63) is 34.3 Å². The third-order valence-electron chi connectivity index (χ3n) is 2.10. The molecule has 0 saturated heterocycles. The molecular formula is C12H17BrOS. The van der Waals surface area contributed by atoms with Gasteiger partial charge in [-0.15, -0.1) is 0 Å². The van der Waals surface area contributed by atoms with Crippen molar-refractivity contribution in [2.75, 3.05) is 12.4 Å². The highest BCUT2D eigenvalue weighted by atomic mass is 79.9. The largest absolute Gasteiger partial charge is 0.377 e. The second-order valence-electron chi connectivity index (χ2n) is 3.47. The first-order valence-electron chi connectivity index (χ1n) is 5.26. The van der Waals surface area contributed by atoms with Gasteiger partial charge in [0.05, 0.1) is 6.61 Å². The highest BCUT2D eigenvalue weighted by Gasteiger charge is 1.94. The molecule has 0 atom stereocenters. The standard InChI is InChI=1S/C12H17BrOS/c13-12-6-4-5-11(9-12)10-14-7-2-1-3-8-15/h4-6,9,15H,1-3,7-8,10H2. The van der Waals surface area contributed by atoms with Crippen molar-refractivity contribution in [2.45, 2.75) is 25.9 Å². The zero-order valence-corrected chi connectivity index (χ0v) is 11.3. The van der Waals surface area contributed by atoms with Gasteiger partial charge in [-0.05, 0) is 36.3 Å². The Morgan fingerprint density at radius 2 is 2.07 bits per heavy atom. The molecule has 0 unspecified atom stereocenters. The highest BCUT2D eigenvalue weighted by molar-refractivity contribution is 9.10. The maximum atomic E-state index is 5.58. The van der Waals surface area contributed by atoms with Crippen molar-refractivity contribution >= 4 is 28.6 Å². The predicted molar refractivity (Wildman–Crippen MR) is 71.5 cm³/mol. The van der Waals surface area contributed by atoms with Crippen LogP contribution in [0.4, 0.5) is 0 Å². The topological polar surface area (TPSA) is 9.23 Å². The Morgan fingerprint density at radius 3 is 2.80 bits per heavy atom. The highest BCUT2D eigenvalue weighted by Crippen LogP contribution is 2.12. The summed E-state index contributed by atoms with van der Waals surface area (Å²) in [4.78, 5) is 0. The molecule has 84 valence electrons. The molecule has 0 N–H and O–H groups in total. The summed E-state index contributed by atoms with van der Waals surface area (Å²) in [6.45, 7) is 1.56. The smallest absolute Gasteiger partial charge is 0.0717 e. The minimum atomic E-state index is 0.709. The van der Waals surface area contributed by atoms with Gasteiger partial charge in [0.25, 0.3) is 0 Å². The van der Waals surface area contributed by atoms with Gasteiger partial charge in [0.1, 0.15) is 0 Å². The number of hydrogen-bond acceptors (Lipinski definition) is 2. The van der Waals surface area contributed by atoms with E-state index in [0.29, 0.717) is 6.61 Å². The van der Waals surface area contributed by atoms with E-state index in [9.17, 15) is 0 Å². The van der Waals surface area contributed by atoms with Crippen LogP contribution in [0.1, 0.15) is 24.8 Å². The van der Waals surface area contributed by atoms with E-state index in [1.807, 2.05) is 12.1 Å². The first-order chi connectivity index (χ1) is 7.33. The van der Waals surface area contributed by atoms with Crippen molar-refractivity contribution in [1.29, 1.82) is 0 Å². The lowest BCUT2D eigenvalue weighted by atomic mass is 10.2. The Kier molecular flexibility index (Phi) is 7.14. The summed E-state index contributed by atoms with van der Waals surface area (Å²) in [5.41, 5.74) is 1.22. The minimum Gasteiger partial charge on any atom is -0.377 e. The minimum absolute atomic E-state index is 0.709. The Labute approximate surface area is 106 Å². The fourth-order valence-electron chi connectivity index (χ4n) is 1.31. The molecule has 0 aliphatic heterocycles. The van der Waals surface area contributed by atoms with Crippen molar-refractivity contribution in [1.82, 2.24) is 0 Å². The summed E-state index contributed by atoms with van der Waals surface area (Å²) < 4.78 is 6.69. The van der Waals surface area contributed by atoms with Crippen LogP contribution in [0.15, 0.2) is 28.7 Å². The number of halogens is 1. The molecule has 1 aromatic rings. The van der Waals surface area contributed by atoms with Gasteiger partial charge in [0.15, 0.2) is 0 Å². The summed E-state index contributed by atoms with van der Waals surface area (Å²) in [5, 5.41) is 0. The van der Waals surface area contributed by atoms with Gasteiger partial charge in [-0.25, -0.2) is 0 Å². The number of thiol groups is 1. The molecule has 3 heteroatoms. The quantitative estimate of drug-likeness (QED) is 0.588. The van der Waals surface area contributed by atoms with E-state index in [1.54, 1.807) is 0 Å². The van der Waals surface area contributed by atoms with Gasteiger partial charge in [0.2, 0.25) is 0 Å². The Balaban J connectivity index is 2.10. The molecule has 0 heterocycles. The zero-order valence-electron chi connectivity index (χ0n) is 8.79. The van der Waals surface area contributed by atoms with Crippen LogP contribution in [-0.2, 0) is 11.3 Å². The molecule has 15 heavy (non-hydrogen) atoms. The van der Waals surface area contributed by atoms with Crippen LogP contribution < -0.4 is 0 Å². The van der Waals surface area contributed by atoms with E-state index >= 15 is 0 Å². The molecule has 0 aliphatic rings. The normalized spacial score (nSPS) is 10.5. The lowest BCUT2D eigenvalue weighted by molar-refractivity contribution is 0.117. The van der Waals surface area contributed by atoms with Crippen LogP contribution in [0.3, 0.4) is 0 Å². The summed E-state index contributed by atoms with van der Waals surface area (Å²) in [6.07, 6.45) is 3.53. The number of benzene rings is 1. The van der Waals surface area contributed by atoms with Gasteiger partial charge in [0, 0.05) is 11.1 Å². The van der Waals surface area contributed by atoms with Gasteiger partial charge < -0.3 is 4.74 Å². The van der Waals surface area contributed by atoms with Gasteiger partial charge in [-0.1, -0.05) is 34.5 Å². The Bertz CT molecular complexity index is 278. The third-order valence-corrected chi connectivity index (χ3v) is 2.91. The molecule has 1 nitrogen and oxygen atoms in total. The first-order valence-corrected chi connectivity index (χ1v) is 6.68. The average molecular weight is 289 g/mol. The van der Waals surface area contributed by atoms with E-state index < -0.39 is 0 Å². The lowest BCUT2D eigenvalue weighted by Crippen LogP contribution is -1.95. The predicted octanol–water partition coefficient (Wildman–Crippen LogP) is 4.07. The second-order valence-corrected chi connectivity index (χ2v) is 4.83. The Morgan fingerprint density at radius 1 is 1.20 bits per heavy atom. The fraction of sp³-hybridized carbons (Fsp3) is 0.500. The van der Waals surface area contributed by atoms with Crippen LogP contribution in [0.2, 0.25) is 0 Å². The van der Waals surface area contributed by atoms with E-state index in [0.717, 1.165) is 23.3 Å². The third kappa shape index (κ3) is 6.23. The van der Waals surface area contributed by atoms with Crippen LogP contribution in [0.25, 0.3) is 0 Å². The molecule has 0 fully saturated rings. The number of unbranched alkanes of at least 4 members (excludes halogenated alkanes) is 2. The Hall–Kier alpha value is 0.01000. The molecule has 0 spiro atoms. The SMILES string of the molecule is SCCCCCOCc1cccc(Br)c1. The van der Waals surface area contributed by atoms with Crippen LogP contribution in [0, 0.1) is 0 Å². The summed E-state index contributed by atoms with van der Waals surface area (Å²) >= 11 is 7.61. The number of ether oxygens (including phenoxy) is 1. The molecule has 1 rings (SSSR count). The van der Waals surface area contributed by atoms with E-state index in [1.165, 1.54) is 18.4 Å². The van der Waals surface area contributed by atoms with Crippen molar-refractivity contribution in [3.63, 3.8) is 0 Å². The number of rotatable bonds is 7. The molecular weight excluding hydrogens is 272 g/mol. The molecule has 1 aromatic carbocycles. The van der Waals surface area contributed by atoms with E-state index in [4.69, 9.17) is 4.74 Å². The summed E-state index contributed by atoms with van der Waals surface area (Å²) in [7, 11) is 0. The maximum Gasteiger partial charge on any atom is 0.0717 e. The van der Waals surface area contributed by atoms with Gasteiger partial charge in [-0.2, -0.15) is 12.6 Å². The summed E-state index contributed by atoms with van der Waals surface area (Å²) in [5.74, 6) is 0.978. The van der Waals surface area contributed by atoms with Crippen LogP contribution in [0.5, 0.6) is 0 Å². The number of hydrogen-bond donors (Lipinski definition) is 1. The van der Waals surface area contributed by atoms with E-state index in [2.05, 4.69) is 40.7 Å². The van der Waals surface area contributed by atoms with E-state index in [-0.39, 0.29) is 0 Å². The zero-order chi connectivity index (χ0) is 10.9. The molecule has 0 aliphatic carbocycles. The molecule has 0 amide bonds. The van der Waals surface area contributed by atoms with Crippen molar-refractivity contribution in [3.8, 4) is 0 Å². The summed E-state index contributed by atoms with van der Waals surface area (Å²) in [6, 6.07) is 8.23. The lowest BCUT2D eigenvalue weighted by Gasteiger charge is -2.04. The van der Waals surface area contributed by atoms with Crippen LogP contribution in [-0.4, -0.2) is 12.4 Å². The maximum absolute atomic E-state index is 5.58.